The van der Waals surface area contributed by atoms with Crippen LogP contribution >= 0.6 is 11.8 Å². The van der Waals surface area contributed by atoms with Gasteiger partial charge in [0, 0.05) is 18.5 Å². The fourth-order valence-electron chi connectivity index (χ4n) is 3.16. The highest BCUT2D eigenvalue weighted by molar-refractivity contribution is 7.98. The van der Waals surface area contributed by atoms with Crippen molar-refractivity contribution in [2.24, 2.45) is 0 Å². The van der Waals surface area contributed by atoms with E-state index in [1.807, 2.05) is 48.5 Å². The van der Waals surface area contributed by atoms with E-state index in [0.717, 1.165) is 16.1 Å². The third-order valence-electron chi connectivity index (χ3n) is 4.66. The fraction of sp³-hybridized carbons (Fsp3) is 0.130. The second-order valence-electron chi connectivity index (χ2n) is 6.92. The summed E-state index contributed by atoms with van der Waals surface area (Å²) in [5, 5.41) is 12.0. The lowest BCUT2D eigenvalue weighted by molar-refractivity contribution is 0.0781. The first-order valence-corrected chi connectivity index (χ1v) is 10.6. The van der Waals surface area contributed by atoms with Crippen LogP contribution in [-0.4, -0.2) is 38.1 Å². The van der Waals surface area contributed by atoms with Gasteiger partial charge in [-0.3, -0.25) is 4.79 Å². The predicted octanol–water partition coefficient (Wildman–Crippen LogP) is 4.37. The quantitative estimate of drug-likeness (QED) is 0.405. The van der Waals surface area contributed by atoms with Gasteiger partial charge in [0.1, 0.15) is 5.82 Å². The van der Waals surface area contributed by atoms with E-state index < -0.39 is 0 Å². The zero-order valence-electron chi connectivity index (χ0n) is 16.9. The number of benzene rings is 3. The number of aromatic nitrogens is 4. The van der Waals surface area contributed by atoms with Crippen LogP contribution in [-0.2, 0) is 12.3 Å². The van der Waals surface area contributed by atoms with Gasteiger partial charge in [-0.2, -0.15) is 4.68 Å². The van der Waals surface area contributed by atoms with E-state index in [4.69, 9.17) is 0 Å². The molecule has 0 radical (unpaired) electrons. The SMILES string of the molecule is CN(Cc1cccc(F)c1)C(=O)c1ccccc1SCc1nnnn1-c1ccccc1. The zero-order chi connectivity index (χ0) is 21.6. The lowest BCUT2D eigenvalue weighted by Gasteiger charge is -2.19. The molecule has 8 heteroatoms. The largest absolute Gasteiger partial charge is 0.337 e. The van der Waals surface area contributed by atoms with Crippen LogP contribution < -0.4 is 0 Å². The van der Waals surface area contributed by atoms with Gasteiger partial charge >= 0.3 is 0 Å². The zero-order valence-corrected chi connectivity index (χ0v) is 17.7. The van der Waals surface area contributed by atoms with Gasteiger partial charge in [0.15, 0.2) is 5.82 Å². The summed E-state index contributed by atoms with van der Waals surface area (Å²) in [6, 6.07) is 23.4. The van der Waals surface area contributed by atoms with Crippen LogP contribution in [0.15, 0.2) is 83.8 Å². The molecule has 0 unspecified atom stereocenters. The number of halogens is 1. The Hall–Kier alpha value is -3.52. The van der Waals surface area contributed by atoms with Crippen molar-refractivity contribution in [1.29, 1.82) is 0 Å². The van der Waals surface area contributed by atoms with Gasteiger partial charge in [-0.05, 0) is 52.4 Å². The lowest BCUT2D eigenvalue weighted by atomic mass is 10.1. The molecule has 0 bridgehead atoms. The van der Waals surface area contributed by atoms with Gasteiger partial charge in [0.05, 0.1) is 17.0 Å². The van der Waals surface area contributed by atoms with E-state index in [2.05, 4.69) is 15.5 Å². The predicted molar refractivity (Wildman–Crippen MR) is 117 cm³/mol. The highest BCUT2D eigenvalue weighted by Crippen LogP contribution is 2.27. The van der Waals surface area contributed by atoms with Gasteiger partial charge in [-0.25, -0.2) is 4.39 Å². The van der Waals surface area contributed by atoms with Crippen LogP contribution in [0.25, 0.3) is 5.69 Å². The van der Waals surface area contributed by atoms with E-state index in [1.165, 1.54) is 23.9 Å². The Kier molecular flexibility index (Phi) is 6.37. The number of carbonyl (C=O) groups is 1. The number of para-hydroxylation sites is 1. The molecule has 0 N–H and O–H groups in total. The summed E-state index contributed by atoms with van der Waals surface area (Å²) in [4.78, 5) is 15.5. The van der Waals surface area contributed by atoms with E-state index >= 15 is 0 Å². The van der Waals surface area contributed by atoms with Crippen molar-refractivity contribution in [2.75, 3.05) is 7.05 Å². The Bertz CT molecular complexity index is 1180. The van der Waals surface area contributed by atoms with Gasteiger partial charge in [0.25, 0.3) is 5.91 Å². The smallest absolute Gasteiger partial charge is 0.255 e. The van der Waals surface area contributed by atoms with Crippen molar-refractivity contribution < 1.29 is 9.18 Å². The standard InChI is InChI=1S/C23H20FN5OS/c1-28(15-17-8-7-9-18(24)14-17)23(30)20-12-5-6-13-21(20)31-16-22-25-26-27-29(22)19-10-3-2-4-11-19/h2-14H,15-16H2,1H3. The van der Waals surface area contributed by atoms with Crippen LogP contribution in [0, 0.1) is 5.82 Å². The van der Waals surface area contributed by atoms with Gasteiger partial charge in [0.2, 0.25) is 0 Å². The molecule has 0 saturated carbocycles. The summed E-state index contributed by atoms with van der Waals surface area (Å²) in [7, 11) is 1.71. The molecule has 1 amide bonds. The summed E-state index contributed by atoms with van der Waals surface area (Å²) in [5.74, 6) is 0.742. The van der Waals surface area contributed by atoms with E-state index in [-0.39, 0.29) is 11.7 Å². The van der Waals surface area contributed by atoms with Crippen LogP contribution in [0.5, 0.6) is 0 Å². The van der Waals surface area contributed by atoms with Crippen molar-refractivity contribution in [3.8, 4) is 5.69 Å². The Labute approximate surface area is 183 Å². The van der Waals surface area contributed by atoms with Crippen molar-refractivity contribution in [2.45, 2.75) is 17.2 Å². The molecule has 156 valence electrons. The van der Waals surface area contributed by atoms with Crippen molar-refractivity contribution in [1.82, 2.24) is 25.1 Å². The molecular formula is C23H20FN5OS. The number of thioether (sulfide) groups is 1. The molecule has 0 spiro atoms. The van der Waals surface area contributed by atoms with E-state index in [9.17, 15) is 9.18 Å². The molecular weight excluding hydrogens is 413 g/mol. The topological polar surface area (TPSA) is 63.9 Å². The number of rotatable bonds is 7. The van der Waals surface area contributed by atoms with Crippen LogP contribution in [0.4, 0.5) is 4.39 Å². The Morgan fingerprint density at radius 2 is 1.81 bits per heavy atom. The average molecular weight is 434 g/mol. The van der Waals surface area contributed by atoms with Crippen molar-refractivity contribution >= 4 is 17.7 Å². The number of nitrogens with zero attached hydrogens (tertiary/aromatic N) is 5. The third kappa shape index (κ3) is 4.97. The monoisotopic (exact) mass is 433 g/mol. The Morgan fingerprint density at radius 1 is 1.03 bits per heavy atom. The Balaban J connectivity index is 1.49. The first-order chi connectivity index (χ1) is 15.1. The number of tetrazole rings is 1. The lowest BCUT2D eigenvalue weighted by Crippen LogP contribution is -2.26. The molecule has 4 rings (SSSR count). The van der Waals surface area contributed by atoms with E-state index in [0.29, 0.717) is 23.7 Å². The molecule has 1 heterocycles. The number of carbonyl (C=O) groups excluding carboxylic acids is 1. The van der Waals surface area contributed by atoms with Crippen molar-refractivity contribution in [3.63, 3.8) is 0 Å². The second kappa shape index (κ2) is 9.53. The fourth-order valence-corrected chi connectivity index (χ4v) is 4.11. The molecule has 1 aromatic heterocycles. The summed E-state index contributed by atoms with van der Waals surface area (Å²) in [6.45, 7) is 0.321. The summed E-state index contributed by atoms with van der Waals surface area (Å²) < 4.78 is 15.2. The highest BCUT2D eigenvalue weighted by Gasteiger charge is 2.17. The van der Waals surface area contributed by atoms with E-state index in [1.54, 1.807) is 34.8 Å². The molecule has 0 aliphatic carbocycles. The molecule has 3 aromatic carbocycles. The van der Waals surface area contributed by atoms with Crippen LogP contribution in [0.1, 0.15) is 21.7 Å². The number of hydrogen-bond acceptors (Lipinski definition) is 5. The highest BCUT2D eigenvalue weighted by atomic mass is 32.2. The molecule has 6 nitrogen and oxygen atoms in total. The second-order valence-corrected chi connectivity index (χ2v) is 7.94. The maximum Gasteiger partial charge on any atom is 0.255 e. The summed E-state index contributed by atoms with van der Waals surface area (Å²) in [6.07, 6.45) is 0. The number of amides is 1. The molecule has 0 aliphatic heterocycles. The average Bonchev–Trinajstić information content (AvgIpc) is 3.27. The number of hydrogen-bond donors (Lipinski definition) is 0. The minimum absolute atomic E-state index is 0.130. The van der Waals surface area contributed by atoms with Crippen LogP contribution in [0.3, 0.4) is 0 Å². The normalized spacial score (nSPS) is 10.8. The maximum atomic E-state index is 13.5. The van der Waals surface area contributed by atoms with Gasteiger partial charge in [-0.1, -0.05) is 42.5 Å². The van der Waals surface area contributed by atoms with Gasteiger partial charge < -0.3 is 4.90 Å². The van der Waals surface area contributed by atoms with Crippen LogP contribution in [0.2, 0.25) is 0 Å². The summed E-state index contributed by atoms with van der Waals surface area (Å²) in [5.41, 5.74) is 2.20. The Morgan fingerprint density at radius 3 is 2.61 bits per heavy atom. The molecule has 31 heavy (non-hydrogen) atoms. The minimum Gasteiger partial charge on any atom is -0.337 e. The molecule has 0 fully saturated rings. The molecule has 0 saturated heterocycles. The van der Waals surface area contributed by atoms with Gasteiger partial charge in [-0.15, -0.1) is 16.9 Å². The first-order valence-electron chi connectivity index (χ1n) is 9.66. The minimum atomic E-state index is -0.314. The molecule has 0 aliphatic rings. The molecule has 4 aromatic rings. The third-order valence-corrected chi connectivity index (χ3v) is 5.73. The maximum absolute atomic E-state index is 13.5. The first kappa shape index (κ1) is 20.7. The van der Waals surface area contributed by atoms with Crippen molar-refractivity contribution in [3.05, 3.63) is 102 Å². The molecule has 0 atom stereocenters. The summed E-state index contributed by atoms with van der Waals surface area (Å²) >= 11 is 1.50.